The molecule has 3 aliphatic heterocycles. The summed E-state index contributed by atoms with van der Waals surface area (Å²) in [5.74, 6) is 3.56. The van der Waals surface area contributed by atoms with Gasteiger partial charge in [-0.2, -0.15) is 0 Å². The molecule has 5 aliphatic carbocycles. The van der Waals surface area contributed by atoms with Gasteiger partial charge >= 0.3 is 0 Å². The third-order valence-corrected chi connectivity index (χ3v) is 22.7. The van der Waals surface area contributed by atoms with Gasteiger partial charge in [-0.25, -0.2) is 0 Å². The highest BCUT2D eigenvalue weighted by Gasteiger charge is 2.53. The Morgan fingerprint density at radius 1 is 0.830 bits per heavy atom. The van der Waals surface area contributed by atoms with E-state index in [1.54, 1.807) is 10.4 Å². The molecule has 1 fully saturated rings. The van der Waals surface area contributed by atoms with Gasteiger partial charge in [-0.3, -0.25) is 0 Å². The summed E-state index contributed by atoms with van der Waals surface area (Å²) in [6.45, 7) is 7.93. The molecule has 0 spiro atoms. The van der Waals surface area contributed by atoms with E-state index in [1.807, 2.05) is 0 Å². The highest BCUT2D eigenvalue weighted by Crippen LogP contribution is 2.58. The van der Waals surface area contributed by atoms with Crippen LogP contribution in [0.2, 0.25) is 30.7 Å². The number of nitrogens with zero attached hydrogens (tertiary/aromatic N) is 1. The molecule has 0 aromatic heterocycles. The normalized spacial score (nSPS) is 35.0. The van der Waals surface area contributed by atoms with Crippen molar-refractivity contribution in [2.24, 2.45) is 11.8 Å². The van der Waals surface area contributed by atoms with Gasteiger partial charge in [-0.15, -0.1) is 0 Å². The summed E-state index contributed by atoms with van der Waals surface area (Å²) in [4.78, 5) is 2.94. The van der Waals surface area contributed by atoms with Gasteiger partial charge in [0.15, 0.2) is 0 Å². The number of hydrogen-bond acceptors (Lipinski definition) is 2. The van der Waals surface area contributed by atoms with E-state index in [-0.39, 0.29) is 6.10 Å². The predicted octanol–water partition coefficient (Wildman–Crippen LogP) is 10.8. The second-order valence-corrected chi connectivity index (χ2v) is 25.4. The Labute approximate surface area is 318 Å². The molecular weight excluding hydrogens is 675 g/mol. The molecule has 0 saturated carbocycles. The summed E-state index contributed by atoms with van der Waals surface area (Å²) in [5.41, 5.74) is 8.83. The SMILES string of the molecule is C[SiH]1C2C=CC=CC2C2CC=CC(N(C3=CCC(c4cccc5ccccc45)C=C3)C3C=CC4=C(C3)[Si](C)(C)c3ccc5c(c34)OC3C=CCCC53)C21. The number of benzene rings is 3. The van der Waals surface area contributed by atoms with Gasteiger partial charge in [0.25, 0.3) is 0 Å². The first-order valence-electron chi connectivity index (χ1n) is 20.6. The van der Waals surface area contributed by atoms with E-state index in [4.69, 9.17) is 4.74 Å². The lowest BCUT2D eigenvalue weighted by molar-refractivity contribution is 0.205. The molecular formula is C49H51NOSi2. The van der Waals surface area contributed by atoms with Crippen LogP contribution < -0.4 is 9.92 Å². The molecule has 3 heterocycles. The molecule has 0 amide bonds. The third kappa shape index (κ3) is 4.80. The summed E-state index contributed by atoms with van der Waals surface area (Å²) < 4.78 is 6.86. The van der Waals surface area contributed by atoms with Gasteiger partial charge < -0.3 is 9.64 Å². The Morgan fingerprint density at radius 2 is 1.72 bits per heavy atom. The Hall–Kier alpha value is -4.13. The van der Waals surface area contributed by atoms with Gasteiger partial charge in [0.1, 0.15) is 19.9 Å². The van der Waals surface area contributed by atoms with Gasteiger partial charge in [0.2, 0.25) is 0 Å². The lowest BCUT2D eigenvalue weighted by Gasteiger charge is -2.47. The minimum absolute atomic E-state index is 0.204. The predicted molar refractivity (Wildman–Crippen MR) is 227 cm³/mol. The quantitative estimate of drug-likeness (QED) is 0.196. The van der Waals surface area contributed by atoms with Crippen LogP contribution in [0, 0.1) is 11.8 Å². The van der Waals surface area contributed by atoms with Crippen LogP contribution in [0.15, 0.2) is 144 Å². The van der Waals surface area contributed by atoms with Crippen molar-refractivity contribution < 1.29 is 4.74 Å². The fourth-order valence-corrected chi connectivity index (χ4v) is 20.0. The topological polar surface area (TPSA) is 12.5 Å². The lowest BCUT2D eigenvalue weighted by atomic mass is 9.77. The van der Waals surface area contributed by atoms with E-state index < -0.39 is 16.9 Å². The van der Waals surface area contributed by atoms with Gasteiger partial charge in [0.05, 0.1) is 6.04 Å². The molecule has 11 rings (SSSR count). The Kier molecular flexibility index (Phi) is 7.44. The van der Waals surface area contributed by atoms with Crippen molar-refractivity contribution in [1.82, 2.24) is 4.90 Å². The summed E-state index contributed by atoms with van der Waals surface area (Å²) in [5, 5.41) is 6.05. The van der Waals surface area contributed by atoms with Crippen molar-refractivity contribution in [3.8, 4) is 5.75 Å². The average Bonchev–Trinajstić information content (AvgIpc) is 3.80. The maximum Gasteiger partial charge on any atom is 0.131 e. The van der Waals surface area contributed by atoms with Crippen molar-refractivity contribution in [1.29, 1.82) is 0 Å². The summed E-state index contributed by atoms with van der Waals surface area (Å²) >= 11 is 0. The standard InChI is InChI=1S/C49H51NOSi2/c1-52-44-21-9-7-16-38(44)40-18-11-19-42(49(40)52)50(33-24-22-32(23-25-33)36-17-10-13-31-12-4-5-14-35(31)36)34-26-27-41-46(30-34)53(2,3)45-29-28-39-37-15-6-8-20-43(37)51-48(39)47(41)45/h4-5,7-14,16-17,19-22,24-29,32,34,37-38,40,42-44,49,52H,6,15,18,23,30H2,1-3H3. The first-order valence-corrected chi connectivity index (χ1v) is 26.0. The second kappa shape index (κ2) is 12.2. The maximum atomic E-state index is 6.86. The largest absolute Gasteiger partial charge is 0.485 e. The minimum Gasteiger partial charge on any atom is -0.485 e. The van der Waals surface area contributed by atoms with Crippen molar-refractivity contribution in [3.63, 3.8) is 0 Å². The second-order valence-electron chi connectivity index (χ2n) is 17.7. The Balaban J connectivity index is 0.976. The van der Waals surface area contributed by atoms with Crippen LogP contribution in [0.4, 0.5) is 0 Å². The summed E-state index contributed by atoms with van der Waals surface area (Å²) in [6.07, 6.45) is 38.5. The average molecular weight is 726 g/mol. The maximum absolute atomic E-state index is 6.86. The minimum atomic E-state index is -1.91. The van der Waals surface area contributed by atoms with E-state index >= 15 is 0 Å². The van der Waals surface area contributed by atoms with E-state index in [2.05, 4.69) is 158 Å². The van der Waals surface area contributed by atoms with Crippen molar-refractivity contribution in [2.45, 2.75) is 92.9 Å². The molecule has 0 N–H and O–H groups in total. The summed E-state index contributed by atoms with van der Waals surface area (Å²) in [6, 6.07) is 21.5. The highest BCUT2D eigenvalue weighted by atomic mass is 28.3. The zero-order chi connectivity index (χ0) is 35.4. The Bertz CT molecular complexity index is 2280. The molecule has 4 heteroatoms. The lowest BCUT2D eigenvalue weighted by Crippen LogP contribution is -2.49. The van der Waals surface area contributed by atoms with Crippen molar-refractivity contribution in [3.05, 3.63) is 161 Å². The number of hydrogen-bond donors (Lipinski definition) is 0. The zero-order valence-corrected chi connectivity index (χ0v) is 33.5. The van der Waals surface area contributed by atoms with Crippen LogP contribution in [-0.4, -0.2) is 40.0 Å². The van der Waals surface area contributed by atoms with Gasteiger partial charge in [-0.05, 0) is 94.3 Å². The van der Waals surface area contributed by atoms with Crippen LogP contribution in [0.5, 0.6) is 5.75 Å². The van der Waals surface area contributed by atoms with Crippen LogP contribution >= 0.6 is 0 Å². The van der Waals surface area contributed by atoms with E-state index in [0.717, 1.165) is 36.3 Å². The molecule has 10 atom stereocenters. The molecule has 0 bridgehead atoms. The molecule has 266 valence electrons. The molecule has 1 saturated heterocycles. The Morgan fingerprint density at radius 3 is 2.62 bits per heavy atom. The number of fused-ring (bicyclic) bond motifs is 10. The highest BCUT2D eigenvalue weighted by molar-refractivity contribution is 6.98. The zero-order valence-electron chi connectivity index (χ0n) is 31.4. The number of rotatable bonds is 4. The van der Waals surface area contributed by atoms with Crippen LogP contribution in [-0.2, 0) is 0 Å². The molecule has 3 aromatic rings. The van der Waals surface area contributed by atoms with Crippen molar-refractivity contribution >= 4 is 38.4 Å². The first kappa shape index (κ1) is 32.3. The fourth-order valence-electron chi connectivity index (χ4n) is 12.4. The molecule has 10 unspecified atom stereocenters. The molecule has 0 radical (unpaired) electrons. The van der Waals surface area contributed by atoms with Crippen LogP contribution in [0.1, 0.15) is 60.6 Å². The van der Waals surface area contributed by atoms with Crippen LogP contribution in [0.3, 0.4) is 0 Å². The molecule has 3 aromatic carbocycles. The van der Waals surface area contributed by atoms with E-state index in [1.165, 1.54) is 57.3 Å². The summed E-state index contributed by atoms with van der Waals surface area (Å²) in [7, 11) is -3.00. The smallest absolute Gasteiger partial charge is 0.131 e. The van der Waals surface area contributed by atoms with E-state index in [9.17, 15) is 0 Å². The molecule has 8 aliphatic rings. The first-order chi connectivity index (χ1) is 26.0. The van der Waals surface area contributed by atoms with Crippen LogP contribution in [0.25, 0.3) is 16.3 Å². The number of ether oxygens (including phenoxy) is 1. The molecule has 53 heavy (non-hydrogen) atoms. The number of allylic oxidation sites excluding steroid dienone is 11. The van der Waals surface area contributed by atoms with Crippen molar-refractivity contribution in [2.75, 3.05) is 0 Å². The van der Waals surface area contributed by atoms with Gasteiger partial charge in [0, 0.05) is 43.5 Å². The third-order valence-electron chi connectivity index (χ3n) is 15.0. The fraction of sp³-hybridized carbons (Fsp3) is 0.347. The van der Waals surface area contributed by atoms with Gasteiger partial charge in [-0.1, -0.05) is 146 Å². The monoisotopic (exact) mass is 725 g/mol. The molecule has 2 nitrogen and oxygen atoms in total. The van der Waals surface area contributed by atoms with E-state index in [0.29, 0.717) is 29.8 Å².